The van der Waals surface area contributed by atoms with Gasteiger partial charge in [0.1, 0.15) is 11.6 Å². The van der Waals surface area contributed by atoms with Gasteiger partial charge in [0.25, 0.3) is 0 Å². The second kappa shape index (κ2) is 4.83. The van der Waals surface area contributed by atoms with Gasteiger partial charge in [-0.2, -0.15) is 0 Å². The van der Waals surface area contributed by atoms with Gasteiger partial charge in [0.15, 0.2) is 0 Å². The third-order valence-corrected chi connectivity index (χ3v) is 3.17. The third kappa shape index (κ3) is 2.35. The molecule has 1 aliphatic rings. The fourth-order valence-electron chi connectivity index (χ4n) is 2.27. The van der Waals surface area contributed by atoms with E-state index in [1.165, 1.54) is 6.42 Å². The monoisotopic (exact) mass is 223 g/mol. The van der Waals surface area contributed by atoms with Crippen molar-refractivity contribution in [3.63, 3.8) is 0 Å². The normalized spacial score (nSPS) is 20.1. The van der Waals surface area contributed by atoms with Gasteiger partial charge in [-0.25, -0.2) is 4.39 Å². The van der Waals surface area contributed by atoms with Gasteiger partial charge >= 0.3 is 0 Å². The van der Waals surface area contributed by atoms with E-state index in [1.54, 1.807) is 20.1 Å². The number of methoxy groups -OCH3 is 1. The van der Waals surface area contributed by atoms with E-state index < -0.39 is 0 Å². The van der Waals surface area contributed by atoms with E-state index in [2.05, 4.69) is 5.32 Å². The molecular weight excluding hydrogens is 205 g/mol. The lowest BCUT2D eigenvalue weighted by Gasteiger charge is -2.13. The SMILES string of the molecule is COc1cc(C)c(F)c(CC2CCCN2)c1. The molecule has 0 spiro atoms. The molecule has 0 radical (unpaired) electrons. The molecule has 16 heavy (non-hydrogen) atoms. The average Bonchev–Trinajstić information content (AvgIpc) is 2.77. The van der Waals surface area contributed by atoms with Gasteiger partial charge in [-0.1, -0.05) is 0 Å². The second-order valence-corrected chi connectivity index (χ2v) is 4.41. The molecule has 0 aliphatic carbocycles. The molecule has 2 nitrogen and oxygen atoms in total. The summed E-state index contributed by atoms with van der Waals surface area (Å²) >= 11 is 0. The zero-order chi connectivity index (χ0) is 11.5. The fourth-order valence-corrected chi connectivity index (χ4v) is 2.27. The molecule has 1 saturated heterocycles. The Bertz CT molecular complexity index is 372. The predicted octanol–water partition coefficient (Wildman–Crippen LogP) is 2.44. The van der Waals surface area contributed by atoms with E-state index >= 15 is 0 Å². The Hall–Kier alpha value is -1.09. The maximum absolute atomic E-state index is 13.9. The summed E-state index contributed by atoms with van der Waals surface area (Å²) in [6.45, 7) is 2.83. The summed E-state index contributed by atoms with van der Waals surface area (Å²) in [6, 6.07) is 3.96. The first-order chi connectivity index (χ1) is 7.70. The Morgan fingerprint density at radius 1 is 1.50 bits per heavy atom. The molecule has 88 valence electrons. The zero-order valence-electron chi connectivity index (χ0n) is 9.85. The van der Waals surface area contributed by atoms with Gasteiger partial charge in [-0.05, 0) is 56.0 Å². The van der Waals surface area contributed by atoms with E-state index in [-0.39, 0.29) is 5.82 Å². The van der Waals surface area contributed by atoms with Crippen LogP contribution in [0.15, 0.2) is 12.1 Å². The van der Waals surface area contributed by atoms with Crippen molar-refractivity contribution in [2.24, 2.45) is 0 Å². The quantitative estimate of drug-likeness (QED) is 0.849. The lowest BCUT2D eigenvalue weighted by Crippen LogP contribution is -2.24. The molecule has 3 heteroatoms. The molecule has 1 fully saturated rings. The Kier molecular flexibility index (Phi) is 3.44. The minimum Gasteiger partial charge on any atom is -0.497 e. The molecule has 1 aliphatic heterocycles. The highest BCUT2D eigenvalue weighted by atomic mass is 19.1. The summed E-state index contributed by atoms with van der Waals surface area (Å²) in [5, 5.41) is 3.38. The molecule has 0 aromatic heterocycles. The highest BCUT2D eigenvalue weighted by Crippen LogP contribution is 2.23. The van der Waals surface area contributed by atoms with Crippen LogP contribution < -0.4 is 10.1 Å². The molecule has 0 amide bonds. The second-order valence-electron chi connectivity index (χ2n) is 4.41. The zero-order valence-corrected chi connectivity index (χ0v) is 9.85. The number of hydrogen-bond acceptors (Lipinski definition) is 2. The van der Waals surface area contributed by atoms with Crippen molar-refractivity contribution in [3.8, 4) is 5.75 Å². The van der Waals surface area contributed by atoms with Crippen LogP contribution in [0.25, 0.3) is 0 Å². The van der Waals surface area contributed by atoms with Gasteiger partial charge in [0, 0.05) is 6.04 Å². The number of nitrogens with one attached hydrogen (secondary N) is 1. The number of aryl methyl sites for hydroxylation is 1. The van der Waals surface area contributed by atoms with Crippen LogP contribution in [0.2, 0.25) is 0 Å². The van der Waals surface area contributed by atoms with Crippen LogP contribution in [0.5, 0.6) is 5.75 Å². The van der Waals surface area contributed by atoms with Crippen LogP contribution in [0.4, 0.5) is 4.39 Å². The van der Waals surface area contributed by atoms with Crippen LogP contribution in [-0.2, 0) is 6.42 Å². The molecule has 1 aromatic rings. The van der Waals surface area contributed by atoms with Gasteiger partial charge in [0.2, 0.25) is 0 Å². The lowest BCUT2D eigenvalue weighted by molar-refractivity contribution is 0.411. The Labute approximate surface area is 95.8 Å². The van der Waals surface area contributed by atoms with E-state index in [0.717, 1.165) is 30.7 Å². The Morgan fingerprint density at radius 3 is 2.94 bits per heavy atom. The van der Waals surface area contributed by atoms with Gasteiger partial charge in [-0.15, -0.1) is 0 Å². The molecule has 2 rings (SSSR count). The summed E-state index contributed by atoms with van der Waals surface area (Å²) < 4.78 is 19.1. The summed E-state index contributed by atoms with van der Waals surface area (Å²) in [5.41, 5.74) is 1.42. The minimum absolute atomic E-state index is 0.0884. The molecule has 1 atom stereocenters. The number of rotatable bonds is 3. The van der Waals surface area contributed by atoms with Crippen LogP contribution in [0.1, 0.15) is 24.0 Å². The van der Waals surface area contributed by atoms with Crippen LogP contribution >= 0.6 is 0 Å². The van der Waals surface area contributed by atoms with Crippen molar-refractivity contribution < 1.29 is 9.13 Å². The van der Waals surface area contributed by atoms with Gasteiger partial charge in [-0.3, -0.25) is 0 Å². The first-order valence-corrected chi connectivity index (χ1v) is 5.77. The van der Waals surface area contributed by atoms with Gasteiger partial charge < -0.3 is 10.1 Å². The van der Waals surface area contributed by atoms with Crippen LogP contribution in [-0.4, -0.2) is 19.7 Å². The van der Waals surface area contributed by atoms with E-state index in [1.807, 2.05) is 6.07 Å². The average molecular weight is 223 g/mol. The smallest absolute Gasteiger partial charge is 0.129 e. The number of halogens is 1. The highest BCUT2D eigenvalue weighted by Gasteiger charge is 2.17. The highest BCUT2D eigenvalue weighted by molar-refractivity contribution is 5.35. The maximum Gasteiger partial charge on any atom is 0.129 e. The van der Waals surface area contributed by atoms with E-state index in [4.69, 9.17) is 4.74 Å². The molecule has 0 bridgehead atoms. The topological polar surface area (TPSA) is 21.3 Å². The molecule has 1 aromatic carbocycles. The fraction of sp³-hybridized carbons (Fsp3) is 0.538. The van der Waals surface area contributed by atoms with Crippen molar-refractivity contribution in [1.29, 1.82) is 0 Å². The van der Waals surface area contributed by atoms with Crippen molar-refractivity contribution >= 4 is 0 Å². The molecule has 1 heterocycles. The Morgan fingerprint density at radius 2 is 2.31 bits per heavy atom. The maximum atomic E-state index is 13.9. The van der Waals surface area contributed by atoms with Crippen molar-refractivity contribution in [3.05, 3.63) is 29.1 Å². The summed E-state index contributed by atoms with van der Waals surface area (Å²) in [7, 11) is 1.62. The lowest BCUT2D eigenvalue weighted by atomic mass is 10.0. The van der Waals surface area contributed by atoms with Gasteiger partial charge in [0.05, 0.1) is 7.11 Å². The molecule has 0 saturated carbocycles. The minimum atomic E-state index is -0.0884. The summed E-state index contributed by atoms with van der Waals surface area (Å²) in [4.78, 5) is 0. The molecule has 1 N–H and O–H groups in total. The van der Waals surface area contributed by atoms with Crippen LogP contribution in [0, 0.1) is 12.7 Å². The first kappa shape index (κ1) is 11.4. The van der Waals surface area contributed by atoms with E-state index in [9.17, 15) is 4.39 Å². The third-order valence-electron chi connectivity index (χ3n) is 3.17. The number of benzene rings is 1. The summed E-state index contributed by atoms with van der Waals surface area (Å²) in [6.07, 6.45) is 3.08. The molecule has 1 unspecified atom stereocenters. The van der Waals surface area contributed by atoms with Crippen molar-refractivity contribution in [2.45, 2.75) is 32.2 Å². The molecular formula is C13H18FNO. The van der Waals surface area contributed by atoms with Crippen molar-refractivity contribution in [2.75, 3.05) is 13.7 Å². The first-order valence-electron chi connectivity index (χ1n) is 5.77. The number of ether oxygens (including phenoxy) is 1. The van der Waals surface area contributed by atoms with E-state index in [0.29, 0.717) is 11.6 Å². The van der Waals surface area contributed by atoms with Crippen LogP contribution in [0.3, 0.4) is 0 Å². The number of hydrogen-bond donors (Lipinski definition) is 1. The largest absolute Gasteiger partial charge is 0.497 e. The standard InChI is InChI=1S/C13H18FNO/c1-9-6-12(16-2)8-10(13(9)14)7-11-4-3-5-15-11/h6,8,11,15H,3-5,7H2,1-2H3. The summed E-state index contributed by atoms with van der Waals surface area (Å²) in [5.74, 6) is 0.654. The van der Waals surface area contributed by atoms with Crippen molar-refractivity contribution in [1.82, 2.24) is 5.32 Å². The predicted molar refractivity (Wildman–Crippen MR) is 62.4 cm³/mol. The Balaban J connectivity index is 2.20.